The maximum atomic E-state index is 4.84. The molecule has 0 saturated heterocycles. The van der Waals surface area contributed by atoms with Gasteiger partial charge in [0.25, 0.3) is 0 Å². The minimum atomic E-state index is 0.157. The second-order valence-corrected chi connectivity index (χ2v) is 7.35. The number of rotatable bonds is 4. The Kier molecular flexibility index (Phi) is 4.73. The fourth-order valence-electron chi connectivity index (χ4n) is 1.56. The molecule has 98 valence electrons. The number of nitrogens with one attached hydrogen (secondary N) is 1. The number of aromatic nitrogens is 1. The molecule has 0 fully saturated rings. The van der Waals surface area contributed by atoms with Crippen LogP contribution in [-0.4, -0.2) is 11.0 Å². The smallest absolute Gasteiger partial charge is 0.0985 e. The third kappa shape index (κ3) is 4.07. The lowest BCUT2D eigenvalue weighted by Gasteiger charge is -2.13. The fourth-order valence-corrected chi connectivity index (χ4v) is 2.78. The molecule has 1 aromatic heterocycles. The zero-order valence-corrected chi connectivity index (χ0v) is 13.0. The molecular formula is C14H26N2S. The van der Waals surface area contributed by atoms with E-state index in [1.54, 1.807) is 0 Å². The maximum Gasteiger partial charge on any atom is 0.0985 e. The van der Waals surface area contributed by atoms with Crippen molar-refractivity contribution in [3.05, 3.63) is 15.6 Å². The van der Waals surface area contributed by atoms with E-state index in [9.17, 15) is 0 Å². The average Bonchev–Trinajstić information content (AvgIpc) is 2.57. The standard InChI is InChI=1S/C14H26N2S/c1-9(2)12-11(8-15-10(3)4)17-13(16-12)14(5,6)7/h9-10,15H,8H2,1-7H3. The molecule has 1 aromatic rings. The molecule has 1 rings (SSSR count). The van der Waals surface area contributed by atoms with Gasteiger partial charge in [0.1, 0.15) is 0 Å². The van der Waals surface area contributed by atoms with Crippen LogP contribution in [0.5, 0.6) is 0 Å². The van der Waals surface area contributed by atoms with Crippen molar-refractivity contribution in [1.29, 1.82) is 0 Å². The Morgan fingerprint density at radius 1 is 1.18 bits per heavy atom. The van der Waals surface area contributed by atoms with Crippen molar-refractivity contribution in [1.82, 2.24) is 10.3 Å². The number of nitrogens with zero attached hydrogens (tertiary/aromatic N) is 1. The van der Waals surface area contributed by atoms with Gasteiger partial charge < -0.3 is 5.32 Å². The third-order valence-corrected chi connectivity index (χ3v) is 4.08. The molecule has 1 N–H and O–H groups in total. The summed E-state index contributed by atoms with van der Waals surface area (Å²) in [4.78, 5) is 6.24. The molecule has 0 amide bonds. The van der Waals surface area contributed by atoms with Crippen molar-refractivity contribution in [2.24, 2.45) is 0 Å². The van der Waals surface area contributed by atoms with E-state index in [1.165, 1.54) is 15.6 Å². The highest BCUT2D eigenvalue weighted by atomic mass is 32.1. The van der Waals surface area contributed by atoms with Crippen molar-refractivity contribution in [3.63, 3.8) is 0 Å². The maximum absolute atomic E-state index is 4.84. The van der Waals surface area contributed by atoms with Gasteiger partial charge in [0, 0.05) is 22.9 Å². The average molecular weight is 254 g/mol. The third-order valence-electron chi connectivity index (χ3n) is 2.59. The molecule has 0 aliphatic heterocycles. The van der Waals surface area contributed by atoms with E-state index in [2.05, 4.69) is 53.8 Å². The first kappa shape index (κ1) is 14.7. The quantitative estimate of drug-likeness (QED) is 0.876. The van der Waals surface area contributed by atoms with E-state index in [4.69, 9.17) is 4.98 Å². The van der Waals surface area contributed by atoms with Crippen molar-refractivity contribution >= 4 is 11.3 Å². The summed E-state index contributed by atoms with van der Waals surface area (Å²) in [5, 5.41) is 4.74. The van der Waals surface area contributed by atoms with Crippen LogP contribution in [0.25, 0.3) is 0 Å². The van der Waals surface area contributed by atoms with Gasteiger partial charge in [-0.25, -0.2) is 4.98 Å². The lowest BCUT2D eigenvalue weighted by Crippen LogP contribution is -2.22. The van der Waals surface area contributed by atoms with Crippen LogP contribution in [0.2, 0.25) is 0 Å². The van der Waals surface area contributed by atoms with E-state index < -0.39 is 0 Å². The minimum absolute atomic E-state index is 0.157. The van der Waals surface area contributed by atoms with Crippen LogP contribution in [0.15, 0.2) is 0 Å². The summed E-state index contributed by atoms with van der Waals surface area (Å²) in [6.45, 7) is 16.4. The Balaban J connectivity index is 2.97. The van der Waals surface area contributed by atoms with E-state index in [-0.39, 0.29) is 5.41 Å². The van der Waals surface area contributed by atoms with Gasteiger partial charge in [-0.15, -0.1) is 11.3 Å². The molecule has 0 bridgehead atoms. The van der Waals surface area contributed by atoms with Crippen molar-refractivity contribution in [3.8, 4) is 0 Å². The van der Waals surface area contributed by atoms with Crippen LogP contribution < -0.4 is 5.32 Å². The van der Waals surface area contributed by atoms with E-state index >= 15 is 0 Å². The Hall–Kier alpha value is -0.410. The predicted octanol–water partition coefficient (Wildman–Crippen LogP) is 4.06. The molecule has 0 radical (unpaired) electrons. The van der Waals surface area contributed by atoms with Gasteiger partial charge in [-0.3, -0.25) is 0 Å². The van der Waals surface area contributed by atoms with Gasteiger partial charge in [0.2, 0.25) is 0 Å². The van der Waals surface area contributed by atoms with Gasteiger partial charge in [-0.2, -0.15) is 0 Å². The van der Waals surface area contributed by atoms with E-state index in [1.807, 2.05) is 11.3 Å². The molecular weight excluding hydrogens is 228 g/mol. The van der Waals surface area contributed by atoms with E-state index in [0.717, 1.165) is 6.54 Å². The molecule has 3 heteroatoms. The molecule has 1 heterocycles. The summed E-state index contributed by atoms with van der Waals surface area (Å²) in [7, 11) is 0. The van der Waals surface area contributed by atoms with Gasteiger partial charge in [0.05, 0.1) is 10.7 Å². The minimum Gasteiger partial charge on any atom is -0.310 e. The van der Waals surface area contributed by atoms with Crippen molar-refractivity contribution in [2.45, 2.75) is 72.4 Å². The number of hydrogen-bond donors (Lipinski definition) is 1. The SMILES string of the molecule is CC(C)NCc1sc(C(C)(C)C)nc1C(C)C. The van der Waals surface area contributed by atoms with Gasteiger partial charge in [-0.05, 0) is 5.92 Å². The monoisotopic (exact) mass is 254 g/mol. The highest BCUT2D eigenvalue weighted by Crippen LogP contribution is 2.32. The van der Waals surface area contributed by atoms with Crippen molar-refractivity contribution in [2.75, 3.05) is 0 Å². The second-order valence-electron chi connectivity index (χ2n) is 6.27. The molecule has 0 aromatic carbocycles. The van der Waals surface area contributed by atoms with Gasteiger partial charge >= 0.3 is 0 Å². The molecule has 17 heavy (non-hydrogen) atoms. The largest absolute Gasteiger partial charge is 0.310 e. The molecule has 0 saturated carbocycles. The molecule has 0 atom stereocenters. The summed E-state index contributed by atoms with van der Waals surface area (Å²) in [6.07, 6.45) is 0. The topological polar surface area (TPSA) is 24.9 Å². The Morgan fingerprint density at radius 3 is 2.18 bits per heavy atom. The van der Waals surface area contributed by atoms with Gasteiger partial charge in [-0.1, -0.05) is 48.5 Å². The highest BCUT2D eigenvalue weighted by molar-refractivity contribution is 7.11. The van der Waals surface area contributed by atoms with Crippen LogP contribution in [0.3, 0.4) is 0 Å². The number of hydrogen-bond acceptors (Lipinski definition) is 3. The lowest BCUT2D eigenvalue weighted by molar-refractivity contribution is 0.577. The summed E-state index contributed by atoms with van der Waals surface area (Å²) in [5.74, 6) is 0.506. The predicted molar refractivity (Wildman–Crippen MR) is 76.9 cm³/mol. The molecule has 2 nitrogen and oxygen atoms in total. The highest BCUT2D eigenvalue weighted by Gasteiger charge is 2.22. The van der Waals surface area contributed by atoms with E-state index in [0.29, 0.717) is 12.0 Å². The van der Waals surface area contributed by atoms with Crippen LogP contribution >= 0.6 is 11.3 Å². The number of thiazole rings is 1. The lowest BCUT2D eigenvalue weighted by atomic mass is 9.98. The normalized spacial score (nSPS) is 12.8. The van der Waals surface area contributed by atoms with Crippen molar-refractivity contribution < 1.29 is 0 Å². The summed E-state index contributed by atoms with van der Waals surface area (Å²) in [5.41, 5.74) is 1.43. The zero-order chi connectivity index (χ0) is 13.2. The first-order chi connectivity index (χ1) is 7.71. The fraction of sp³-hybridized carbons (Fsp3) is 0.786. The Labute approximate surface area is 110 Å². The zero-order valence-electron chi connectivity index (χ0n) is 12.2. The molecule has 0 spiro atoms. The first-order valence-corrected chi connectivity index (χ1v) is 7.27. The Bertz CT molecular complexity index is 359. The van der Waals surface area contributed by atoms with Gasteiger partial charge in [0.15, 0.2) is 0 Å². The van der Waals surface area contributed by atoms with Crippen LogP contribution in [0, 0.1) is 0 Å². The summed E-state index contributed by atoms with van der Waals surface area (Å²) < 4.78 is 0. The molecule has 0 aliphatic carbocycles. The van der Waals surface area contributed by atoms with Crippen LogP contribution in [-0.2, 0) is 12.0 Å². The second kappa shape index (κ2) is 5.49. The van der Waals surface area contributed by atoms with Crippen LogP contribution in [0.4, 0.5) is 0 Å². The summed E-state index contributed by atoms with van der Waals surface area (Å²) >= 11 is 1.86. The first-order valence-electron chi connectivity index (χ1n) is 6.45. The molecule has 0 aliphatic rings. The molecule has 0 unspecified atom stereocenters. The van der Waals surface area contributed by atoms with Crippen LogP contribution in [0.1, 0.15) is 70.0 Å². The summed E-state index contributed by atoms with van der Waals surface area (Å²) in [6, 6.07) is 0.523. The Morgan fingerprint density at radius 2 is 1.76 bits per heavy atom.